The largest absolute Gasteiger partial charge is 0.347 e. The Kier molecular flexibility index (Phi) is 6.58. The summed E-state index contributed by atoms with van der Waals surface area (Å²) >= 11 is 0. The van der Waals surface area contributed by atoms with Crippen LogP contribution in [0.1, 0.15) is 50.9 Å². The third kappa shape index (κ3) is 6.39. The number of urea groups is 1. The lowest BCUT2D eigenvalue weighted by Gasteiger charge is -2.22. The highest BCUT2D eigenvalue weighted by Crippen LogP contribution is 2.16. The van der Waals surface area contributed by atoms with Crippen molar-refractivity contribution in [2.45, 2.75) is 52.1 Å². The van der Waals surface area contributed by atoms with Gasteiger partial charge in [-0.3, -0.25) is 4.79 Å². The van der Waals surface area contributed by atoms with E-state index in [0.717, 1.165) is 0 Å². The van der Waals surface area contributed by atoms with E-state index < -0.39 is 6.03 Å². The second-order valence-electron chi connectivity index (χ2n) is 6.32. The number of carbonyl (C=O) groups excluding carboxylic acids is 2. The molecule has 124 valence electrons. The second-order valence-corrected chi connectivity index (χ2v) is 6.32. The average molecular weight is 316 g/mol. The van der Waals surface area contributed by atoms with Crippen molar-refractivity contribution in [1.29, 1.82) is 5.26 Å². The summed E-state index contributed by atoms with van der Waals surface area (Å²) in [6.07, 6.45) is 0.906. The van der Waals surface area contributed by atoms with Crippen LogP contribution < -0.4 is 16.0 Å². The lowest BCUT2D eigenvalue weighted by molar-refractivity contribution is 0.0920. The van der Waals surface area contributed by atoms with Crippen LogP contribution in [0, 0.1) is 11.3 Å². The maximum atomic E-state index is 12.3. The van der Waals surface area contributed by atoms with Gasteiger partial charge in [-0.25, -0.2) is 4.79 Å². The highest BCUT2D eigenvalue weighted by Gasteiger charge is 2.19. The summed E-state index contributed by atoms with van der Waals surface area (Å²) in [5.41, 5.74) is 0.455. The van der Waals surface area contributed by atoms with Gasteiger partial charge in [-0.1, -0.05) is 19.1 Å². The van der Waals surface area contributed by atoms with Crippen molar-refractivity contribution >= 4 is 17.6 Å². The molecule has 0 aliphatic heterocycles. The predicted octanol–water partition coefficient (Wildman–Crippen LogP) is 3.03. The van der Waals surface area contributed by atoms with Crippen LogP contribution >= 0.6 is 0 Å². The Balaban J connectivity index is 2.83. The third-order valence-corrected chi connectivity index (χ3v) is 3.07. The van der Waals surface area contributed by atoms with Gasteiger partial charge in [0.05, 0.1) is 23.7 Å². The summed E-state index contributed by atoms with van der Waals surface area (Å²) in [6, 6.07) is 8.21. The molecule has 0 aliphatic carbocycles. The van der Waals surface area contributed by atoms with Crippen LogP contribution in [-0.4, -0.2) is 23.5 Å². The molecule has 0 spiro atoms. The minimum absolute atomic E-state index is 0.212. The van der Waals surface area contributed by atoms with Crippen LogP contribution in [0.25, 0.3) is 0 Å². The Labute approximate surface area is 137 Å². The molecule has 0 saturated carbocycles. The molecule has 1 aromatic rings. The van der Waals surface area contributed by atoms with Gasteiger partial charge in [0.1, 0.15) is 0 Å². The minimum Gasteiger partial charge on any atom is -0.347 e. The number of hydrogen-bond acceptors (Lipinski definition) is 3. The summed E-state index contributed by atoms with van der Waals surface area (Å²) in [7, 11) is 0. The first-order chi connectivity index (χ1) is 10.8. The van der Waals surface area contributed by atoms with Crippen LogP contribution in [-0.2, 0) is 0 Å². The van der Waals surface area contributed by atoms with E-state index in [2.05, 4.69) is 16.0 Å². The SMILES string of the molecule is CCC(CC#N)NC(=O)Nc1ccccc1C(=O)NC(C)(C)C. The number of hydrogen-bond donors (Lipinski definition) is 3. The normalized spacial score (nSPS) is 12.0. The molecule has 23 heavy (non-hydrogen) atoms. The minimum atomic E-state index is -0.428. The number of rotatable bonds is 5. The van der Waals surface area contributed by atoms with Gasteiger partial charge in [0.25, 0.3) is 5.91 Å². The number of nitrogens with one attached hydrogen (secondary N) is 3. The fourth-order valence-electron chi connectivity index (χ4n) is 1.95. The summed E-state index contributed by atoms with van der Waals surface area (Å²) in [5.74, 6) is -0.252. The molecular formula is C17H24N4O2. The Morgan fingerprint density at radius 1 is 1.26 bits per heavy atom. The number of anilines is 1. The molecule has 1 rings (SSSR count). The highest BCUT2D eigenvalue weighted by atomic mass is 16.2. The van der Waals surface area contributed by atoms with Crippen LogP contribution in [0.3, 0.4) is 0 Å². The van der Waals surface area contributed by atoms with Crippen molar-refractivity contribution in [1.82, 2.24) is 10.6 Å². The number of carbonyl (C=O) groups is 2. The molecule has 0 aromatic heterocycles. The van der Waals surface area contributed by atoms with E-state index in [1.807, 2.05) is 33.8 Å². The molecular weight excluding hydrogens is 292 g/mol. The van der Waals surface area contributed by atoms with Crippen molar-refractivity contribution in [3.8, 4) is 6.07 Å². The molecule has 3 N–H and O–H groups in total. The highest BCUT2D eigenvalue weighted by molar-refractivity contribution is 6.03. The van der Waals surface area contributed by atoms with E-state index in [-0.39, 0.29) is 23.9 Å². The molecule has 0 radical (unpaired) electrons. The summed E-state index contributed by atoms with van der Waals surface area (Å²) in [5, 5.41) is 17.0. The zero-order valence-electron chi connectivity index (χ0n) is 14.1. The molecule has 0 fully saturated rings. The quantitative estimate of drug-likeness (QED) is 0.779. The van der Waals surface area contributed by atoms with Crippen LogP contribution in [0.5, 0.6) is 0 Å². The van der Waals surface area contributed by atoms with Gasteiger partial charge in [0.15, 0.2) is 0 Å². The summed E-state index contributed by atoms with van der Waals surface area (Å²) in [4.78, 5) is 24.4. The van der Waals surface area contributed by atoms with E-state index in [4.69, 9.17) is 5.26 Å². The molecule has 6 nitrogen and oxygen atoms in total. The summed E-state index contributed by atoms with van der Waals surface area (Å²) in [6.45, 7) is 7.57. The summed E-state index contributed by atoms with van der Waals surface area (Å²) < 4.78 is 0. The van der Waals surface area contributed by atoms with E-state index in [1.165, 1.54) is 0 Å². The molecule has 0 heterocycles. The Morgan fingerprint density at radius 2 is 1.91 bits per heavy atom. The van der Waals surface area contributed by atoms with Gasteiger partial charge in [-0.15, -0.1) is 0 Å². The van der Waals surface area contributed by atoms with Crippen LogP contribution in [0.2, 0.25) is 0 Å². The first-order valence-corrected chi connectivity index (χ1v) is 7.63. The van der Waals surface area contributed by atoms with E-state index in [0.29, 0.717) is 17.7 Å². The smallest absolute Gasteiger partial charge is 0.319 e. The van der Waals surface area contributed by atoms with Gasteiger partial charge in [-0.05, 0) is 39.3 Å². The molecule has 1 aromatic carbocycles. The molecule has 1 unspecified atom stereocenters. The molecule has 3 amide bonds. The van der Waals surface area contributed by atoms with E-state index >= 15 is 0 Å². The van der Waals surface area contributed by atoms with Gasteiger partial charge in [0.2, 0.25) is 0 Å². The van der Waals surface area contributed by atoms with Crippen LogP contribution in [0.15, 0.2) is 24.3 Å². The van der Waals surface area contributed by atoms with Crippen molar-refractivity contribution in [2.24, 2.45) is 0 Å². The Bertz CT molecular complexity index is 599. The Hall–Kier alpha value is -2.55. The number of amides is 3. The maximum Gasteiger partial charge on any atom is 0.319 e. The average Bonchev–Trinajstić information content (AvgIpc) is 2.45. The molecule has 0 bridgehead atoms. The number of para-hydroxylation sites is 1. The van der Waals surface area contributed by atoms with Gasteiger partial charge < -0.3 is 16.0 Å². The zero-order chi connectivity index (χ0) is 17.5. The van der Waals surface area contributed by atoms with Crippen LogP contribution in [0.4, 0.5) is 10.5 Å². The lowest BCUT2D eigenvalue weighted by atomic mass is 10.1. The first kappa shape index (κ1) is 18.5. The van der Waals surface area contributed by atoms with Gasteiger partial charge in [-0.2, -0.15) is 5.26 Å². The first-order valence-electron chi connectivity index (χ1n) is 7.63. The van der Waals surface area contributed by atoms with Crippen molar-refractivity contribution < 1.29 is 9.59 Å². The number of nitrogens with zero attached hydrogens (tertiary/aromatic N) is 1. The maximum absolute atomic E-state index is 12.3. The van der Waals surface area contributed by atoms with Crippen molar-refractivity contribution in [3.63, 3.8) is 0 Å². The molecule has 1 atom stereocenters. The fraction of sp³-hybridized carbons (Fsp3) is 0.471. The topological polar surface area (TPSA) is 94.0 Å². The molecule has 0 aliphatic rings. The Morgan fingerprint density at radius 3 is 2.48 bits per heavy atom. The predicted molar refractivity (Wildman–Crippen MR) is 90.1 cm³/mol. The van der Waals surface area contributed by atoms with Gasteiger partial charge >= 0.3 is 6.03 Å². The molecule has 0 saturated heterocycles. The molecule has 6 heteroatoms. The monoisotopic (exact) mass is 316 g/mol. The lowest BCUT2D eigenvalue weighted by Crippen LogP contribution is -2.41. The number of benzene rings is 1. The zero-order valence-corrected chi connectivity index (χ0v) is 14.1. The van der Waals surface area contributed by atoms with Gasteiger partial charge in [0, 0.05) is 11.6 Å². The van der Waals surface area contributed by atoms with E-state index in [9.17, 15) is 9.59 Å². The standard InChI is InChI=1S/C17H24N4O2/c1-5-12(10-11-18)19-16(23)20-14-9-7-6-8-13(14)15(22)21-17(2,3)4/h6-9,12H,5,10H2,1-4H3,(H,21,22)(H2,19,20,23). The second kappa shape index (κ2) is 8.18. The number of nitriles is 1. The van der Waals surface area contributed by atoms with Crippen molar-refractivity contribution in [3.05, 3.63) is 29.8 Å². The third-order valence-electron chi connectivity index (χ3n) is 3.07. The van der Waals surface area contributed by atoms with Crippen molar-refractivity contribution in [2.75, 3.05) is 5.32 Å². The fourth-order valence-corrected chi connectivity index (χ4v) is 1.95. The van der Waals surface area contributed by atoms with E-state index in [1.54, 1.807) is 24.3 Å².